The van der Waals surface area contributed by atoms with Crippen molar-refractivity contribution < 1.29 is 38.1 Å². The Kier molecular flexibility index (Phi) is 11.5. The second-order valence-electron chi connectivity index (χ2n) is 10.5. The lowest BCUT2D eigenvalue weighted by Gasteiger charge is -2.53. The number of rotatable bonds is 16. The van der Waals surface area contributed by atoms with Gasteiger partial charge in [-0.25, -0.2) is 0 Å². The molecule has 2 N–H and O–H groups in total. The van der Waals surface area contributed by atoms with Crippen LogP contribution >= 0.6 is 11.9 Å². The summed E-state index contributed by atoms with van der Waals surface area (Å²) >= 11 is 0.878. The Hall–Kier alpha value is -1.63. The quantitative estimate of drug-likeness (QED) is 0.179. The van der Waals surface area contributed by atoms with Gasteiger partial charge in [0.25, 0.3) is 0 Å². The fourth-order valence-electron chi connectivity index (χ4n) is 4.94. The van der Waals surface area contributed by atoms with Crippen LogP contribution in [0.2, 0.25) is 0 Å². The van der Waals surface area contributed by atoms with Crippen molar-refractivity contribution in [2.75, 3.05) is 20.8 Å². The highest BCUT2D eigenvalue weighted by molar-refractivity contribution is 8.15. The number of aliphatic hydroxyl groups is 2. The van der Waals surface area contributed by atoms with E-state index in [2.05, 4.69) is 0 Å². The van der Waals surface area contributed by atoms with Crippen LogP contribution in [0.3, 0.4) is 0 Å². The Bertz CT molecular complexity index is 1000. The largest absolute Gasteiger partial charge is 0.497 e. The molecule has 0 bridgehead atoms. The highest BCUT2D eigenvalue weighted by Gasteiger charge is 2.59. The second-order valence-corrected chi connectivity index (χ2v) is 11.0. The fraction of sp³-hybridized carbons (Fsp3) is 0.586. The molecule has 1 heterocycles. The smallest absolute Gasteiger partial charge is 0.209 e. The predicted molar refractivity (Wildman–Crippen MR) is 153 cm³/mol. The summed E-state index contributed by atoms with van der Waals surface area (Å²) in [5.41, 5.74) is 1.17. The van der Waals surface area contributed by atoms with Gasteiger partial charge in [0.05, 0.1) is 51.3 Å². The van der Waals surface area contributed by atoms with Gasteiger partial charge in [-0.05, 0) is 31.5 Å². The number of ether oxygens (including phenoxy) is 5. The summed E-state index contributed by atoms with van der Waals surface area (Å²) in [4.78, 5) is 0. The van der Waals surface area contributed by atoms with Crippen molar-refractivity contribution in [1.29, 1.82) is 1.34 Å². The van der Waals surface area contributed by atoms with Gasteiger partial charge in [0.2, 0.25) is 12.9 Å². The summed E-state index contributed by atoms with van der Waals surface area (Å²) in [5.74, 6) is -0.781. The minimum atomic E-state index is -1.55. The molecule has 1 saturated heterocycles. The molecule has 8 nitrogen and oxygen atoms in total. The van der Waals surface area contributed by atoms with E-state index in [0.717, 1.165) is 35.9 Å². The van der Waals surface area contributed by atoms with Gasteiger partial charge in [0.15, 0.2) is 0 Å². The number of methoxy groups -OCH3 is 2. The Morgan fingerprint density at radius 3 is 2.38 bits per heavy atom. The van der Waals surface area contributed by atoms with E-state index in [1.54, 1.807) is 7.11 Å². The first-order chi connectivity index (χ1) is 19.2. The van der Waals surface area contributed by atoms with Crippen molar-refractivity contribution >= 4 is 19.0 Å². The van der Waals surface area contributed by atoms with Gasteiger partial charge >= 0.3 is 0 Å². The van der Waals surface area contributed by atoms with Crippen LogP contribution in [0.4, 0.5) is 0 Å². The third-order valence-electron chi connectivity index (χ3n) is 7.33. The summed E-state index contributed by atoms with van der Waals surface area (Å²) in [5, 5.41) is 22.0. The zero-order valence-corrected chi connectivity index (χ0v) is 24.3. The van der Waals surface area contributed by atoms with Crippen molar-refractivity contribution in [3.05, 3.63) is 65.7 Å². The topological polar surface area (TPSA) is 95.8 Å². The van der Waals surface area contributed by atoms with Crippen LogP contribution in [0, 0.1) is 5.41 Å². The highest BCUT2D eigenvalue weighted by Crippen LogP contribution is 2.45. The van der Waals surface area contributed by atoms with Crippen LogP contribution in [0.15, 0.2) is 54.6 Å². The first-order valence-corrected chi connectivity index (χ1v) is 13.9. The van der Waals surface area contributed by atoms with Crippen molar-refractivity contribution in [2.45, 2.75) is 83.1 Å². The molecule has 39 heavy (non-hydrogen) atoms. The van der Waals surface area contributed by atoms with Crippen LogP contribution in [0.1, 0.15) is 44.7 Å². The van der Waals surface area contributed by atoms with Crippen LogP contribution in [-0.2, 0) is 36.3 Å². The molecule has 1 aliphatic rings. The molecule has 0 spiro atoms. The maximum atomic E-state index is 11.1. The summed E-state index contributed by atoms with van der Waals surface area (Å²) in [6.45, 7) is 6.53. The molecule has 1 unspecified atom stereocenters. The Morgan fingerprint density at radius 2 is 1.74 bits per heavy atom. The third-order valence-corrected chi connectivity index (χ3v) is 7.59. The number of hydrogen-bond acceptors (Lipinski definition) is 9. The van der Waals surface area contributed by atoms with Crippen molar-refractivity contribution in [1.82, 2.24) is 0 Å². The Balaban J connectivity index is 1.78. The first kappa shape index (κ1) is 30.3. The van der Waals surface area contributed by atoms with E-state index in [1.807, 2.05) is 75.4 Å². The lowest BCUT2D eigenvalue weighted by molar-refractivity contribution is -0.377. The van der Waals surface area contributed by atoms with Crippen molar-refractivity contribution in [3.63, 3.8) is 0 Å². The first-order valence-electron chi connectivity index (χ1n) is 13.7. The summed E-state index contributed by atoms with van der Waals surface area (Å²) in [6.07, 6.45) is -2.99. The second kappa shape index (κ2) is 14.8. The average molecular weight is 564 g/mol. The van der Waals surface area contributed by atoms with E-state index in [1.165, 1.54) is 7.11 Å². The number of hydrogen-bond donors (Lipinski definition) is 2. The van der Waals surface area contributed by atoms with E-state index in [4.69, 9.17) is 29.2 Å². The molecule has 1 radical (unpaired) electrons. The summed E-state index contributed by atoms with van der Waals surface area (Å²) in [7, 11) is 4.16. The normalized spacial score (nSPS) is 25.5. The number of benzene rings is 2. The minimum Gasteiger partial charge on any atom is -0.497 e. The SMILES string of the molecule is [3H][B]SOCC(C)(C)[C@]1(OC)O[C@H](CC(OCc2ccc(OC)cc2)[C@H](C)OCc2ccccc2)C[C@H](O)[C@@H]1O. The average Bonchev–Trinajstić information content (AvgIpc) is 2.96. The van der Waals surface area contributed by atoms with E-state index < -0.39 is 29.5 Å². The van der Waals surface area contributed by atoms with Crippen LogP contribution in [0.25, 0.3) is 0 Å². The van der Waals surface area contributed by atoms with Gasteiger partial charge < -0.3 is 38.1 Å². The molecule has 6 atom stereocenters. The van der Waals surface area contributed by atoms with E-state index >= 15 is 0 Å². The third kappa shape index (κ3) is 8.21. The van der Waals surface area contributed by atoms with Gasteiger partial charge in [-0.2, -0.15) is 0 Å². The van der Waals surface area contributed by atoms with Crippen LogP contribution < -0.4 is 4.74 Å². The van der Waals surface area contributed by atoms with Crippen LogP contribution in [0.5, 0.6) is 5.75 Å². The lowest BCUT2D eigenvalue weighted by atomic mass is 9.76. The standard InChI is InChI=1S/C29H42BO8S/c1-20(35-17-21-9-7-6-8-10-21)26(36-18-22-11-13-23(33-4)14-12-22)16-24-15-25(31)27(32)29(34-5,38-24)28(2,3)19-37-39-30/h6-14,20,24-27,30-32H,15-19H2,1-5H3/t20-,24-,25-,26?,27-,29+/m0/s1/i30T. The van der Waals surface area contributed by atoms with Gasteiger partial charge in [0, 0.05) is 25.4 Å². The summed E-state index contributed by atoms with van der Waals surface area (Å²) in [6, 6.07) is 17.6. The highest BCUT2D eigenvalue weighted by atomic mass is 32.2. The zero-order valence-electron chi connectivity index (χ0n) is 24.4. The van der Waals surface area contributed by atoms with E-state index in [-0.39, 0.29) is 25.2 Å². The zero-order chi connectivity index (χ0) is 29.2. The molecule has 3 rings (SSSR count). The molecular weight excluding hydrogens is 519 g/mol. The molecule has 10 heteroatoms. The van der Waals surface area contributed by atoms with Crippen LogP contribution in [-0.4, -0.2) is 75.8 Å². The monoisotopic (exact) mass is 563 g/mol. The minimum absolute atomic E-state index is 0.116. The maximum Gasteiger partial charge on any atom is 0.209 e. The molecular formula is C29H42BO8S. The molecule has 0 saturated carbocycles. The van der Waals surface area contributed by atoms with Gasteiger partial charge in [0.1, 0.15) is 11.9 Å². The van der Waals surface area contributed by atoms with E-state index in [9.17, 15) is 10.2 Å². The molecule has 2 aromatic carbocycles. The van der Waals surface area contributed by atoms with Gasteiger partial charge in [-0.1, -0.05) is 68.2 Å². The van der Waals surface area contributed by atoms with Gasteiger partial charge in [-0.3, -0.25) is 0 Å². The summed E-state index contributed by atoms with van der Waals surface area (Å²) < 4.78 is 42.9. The Labute approximate surface area is 239 Å². The molecule has 1 fully saturated rings. The predicted octanol–water partition coefficient (Wildman–Crippen LogP) is 3.94. The van der Waals surface area contributed by atoms with Crippen molar-refractivity contribution in [2.24, 2.45) is 5.41 Å². The molecule has 0 aliphatic carbocycles. The number of aliphatic hydroxyl groups excluding tert-OH is 2. The molecule has 215 valence electrons. The maximum absolute atomic E-state index is 11.1. The molecule has 1 aliphatic heterocycles. The fourth-order valence-corrected chi connectivity index (χ4v) is 5.30. The molecule has 2 aromatic rings. The van der Waals surface area contributed by atoms with Gasteiger partial charge in [-0.15, -0.1) is 0 Å². The van der Waals surface area contributed by atoms with Crippen molar-refractivity contribution in [3.8, 4) is 5.75 Å². The van der Waals surface area contributed by atoms with E-state index in [0.29, 0.717) is 19.6 Å². The molecule has 0 amide bonds. The molecule has 0 aromatic heterocycles. The Morgan fingerprint density at radius 1 is 1.08 bits per heavy atom. The lowest BCUT2D eigenvalue weighted by Crippen LogP contribution is -2.67.